The molecule has 2 rings (SSSR count). The molecule has 7 heteroatoms. The van der Waals surface area contributed by atoms with Crippen LogP contribution in [-0.2, 0) is 4.74 Å². The smallest absolute Gasteiger partial charge is 0.274 e. The molecule has 1 saturated carbocycles. The number of nitrogens with one attached hydrogen (secondary N) is 1. The molecule has 7 nitrogen and oxygen atoms in total. The lowest BCUT2D eigenvalue weighted by molar-refractivity contribution is 0.0674. The van der Waals surface area contributed by atoms with Crippen LogP contribution in [0.15, 0.2) is 12.4 Å². The summed E-state index contributed by atoms with van der Waals surface area (Å²) in [4.78, 5) is 22.1. The van der Waals surface area contributed by atoms with Crippen LogP contribution in [0.1, 0.15) is 23.3 Å². The third-order valence-corrected chi connectivity index (χ3v) is 2.80. The van der Waals surface area contributed by atoms with Crippen LogP contribution in [0.2, 0.25) is 0 Å². The van der Waals surface area contributed by atoms with Crippen molar-refractivity contribution in [1.29, 1.82) is 0 Å². The topological polar surface area (TPSA) is 93.4 Å². The minimum absolute atomic E-state index is 0.106. The Morgan fingerprint density at radius 2 is 2.33 bits per heavy atom. The van der Waals surface area contributed by atoms with Gasteiger partial charge in [0.25, 0.3) is 5.91 Å². The molecule has 0 bridgehead atoms. The highest BCUT2D eigenvalue weighted by Crippen LogP contribution is 2.27. The van der Waals surface area contributed by atoms with E-state index in [1.165, 1.54) is 12.4 Å². The van der Waals surface area contributed by atoms with E-state index < -0.39 is 0 Å². The summed E-state index contributed by atoms with van der Waals surface area (Å²) >= 11 is 0. The molecular formula is C11H17N5O2. The normalized spacial score (nSPS) is 14.3. The standard InChI is InChI=1S/C11H17N5O2/c1-18-5-4-16(8-2-3-8)11(17)9-6-14-10(15-12)7-13-9/h6-8H,2-5,12H2,1H3,(H,14,15). The zero-order chi connectivity index (χ0) is 13.0. The van der Waals surface area contributed by atoms with Crippen LogP contribution in [0.3, 0.4) is 0 Å². The number of carbonyl (C=O) groups excluding carboxylic acids is 1. The molecule has 1 aliphatic carbocycles. The maximum absolute atomic E-state index is 12.2. The second-order valence-corrected chi connectivity index (χ2v) is 4.15. The van der Waals surface area contributed by atoms with Crippen molar-refractivity contribution in [3.05, 3.63) is 18.1 Å². The van der Waals surface area contributed by atoms with E-state index in [0.29, 0.717) is 30.7 Å². The first-order valence-electron chi connectivity index (χ1n) is 5.85. The first-order valence-corrected chi connectivity index (χ1v) is 5.85. The van der Waals surface area contributed by atoms with E-state index in [0.717, 1.165) is 12.8 Å². The molecule has 0 unspecified atom stereocenters. The van der Waals surface area contributed by atoms with E-state index in [4.69, 9.17) is 10.6 Å². The number of aromatic nitrogens is 2. The summed E-state index contributed by atoms with van der Waals surface area (Å²) < 4.78 is 5.02. The SMILES string of the molecule is COCCN(C(=O)c1cnc(NN)cn1)C1CC1. The predicted molar refractivity (Wildman–Crippen MR) is 65.8 cm³/mol. The number of methoxy groups -OCH3 is 1. The lowest BCUT2D eigenvalue weighted by Crippen LogP contribution is -2.36. The van der Waals surface area contributed by atoms with Crippen molar-refractivity contribution in [3.8, 4) is 0 Å². The molecule has 3 N–H and O–H groups in total. The highest BCUT2D eigenvalue weighted by Gasteiger charge is 2.33. The van der Waals surface area contributed by atoms with Crippen molar-refractivity contribution in [2.45, 2.75) is 18.9 Å². The Balaban J connectivity index is 2.06. The van der Waals surface area contributed by atoms with Crippen LogP contribution in [0.25, 0.3) is 0 Å². The van der Waals surface area contributed by atoms with Crippen molar-refractivity contribution in [2.75, 3.05) is 25.7 Å². The van der Waals surface area contributed by atoms with E-state index in [1.807, 2.05) is 0 Å². The Bertz CT molecular complexity index is 404. The summed E-state index contributed by atoms with van der Waals surface area (Å²) in [7, 11) is 1.62. The van der Waals surface area contributed by atoms with Gasteiger partial charge < -0.3 is 15.1 Å². The number of ether oxygens (including phenoxy) is 1. The van der Waals surface area contributed by atoms with Gasteiger partial charge in [0, 0.05) is 19.7 Å². The molecule has 1 aliphatic rings. The van der Waals surface area contributed by atoms with Crippen LogP contribution < -0.4 is 11.3 Å². The summed E-state index contributed by atoms with van der Waals surface area (Å²) in [6, 6.07) is 0.321. The number of amides is 1. The zero-order valence-corrected chi connectivity index (χ0v) is 10.3. The molecule has 1 aromatic heterocycles. The number of hydrogen-bond donors (Lipinski definition) is 2. The fraction of sp³-hybridized carbons (Fsp3) is 0.545. The van der Waals surface area contributed by atoms with Crippen molar-refractivity contribution in [1.82, 2.24) is 14.9 Å². The van der Waals surface area contributed by atoms with Gasteiger partial charge in [-0.05, 0) is 12.8 Å². The number of hydrazine groups is 1. The van der Waals surface area contributed by atoms with Gasteiger partial charge in [-0.2, -0.15) is 0 Å². The van der Waals surface area contributed by atoms with Gasteiger partial charge in [-0.15, -0.1) is 0 Å². The number of nitrogen functional groups attached to an aromatic ring is 1. The molecule has 18 heavy (non-hydrogen) atoms. The first kappa shape index (κ1) is 12.7. The molecule has 0 aliphatic heterocycles. The monoisotopic (exact) mass is 251 g/mol. The molecule has 0 atom stereocenters. The third-order valence-electron chi connectivity index (χ3n) is 2.80. The molecule has 1 heterocycles. The molecule has 0 aromatic carbocycles. The minimum atomic E-state index is -0.106. The highest BCUT2D eigenvalue weighted by atomic mass is 16.5. The molecule has 1 fully saturated rings. The van der Waals surface area contributed by atoms with E-state index >= 15 is 0 Å². The summed E-state index contributed by atoms with van der Waals surface area (Å²) in [5.41, 5.74) is 2.70. The Morgan fingerprint density at radius 1 is 1.56 bits per heavy atom. The number of carbonyl (C=O) groups is 1. The van der Waals surface area contributed by atoms with E-state index in [-0.39, 0.29) is 5.91 Å². The Labute approximate surface area is 105 Å². The maximum atomic E-state index is 12.2. The lowest BCUT2D eigenvalue weighted by Gasteiger charge is -2.21. The third kappa shape index (κ3) is 2.93. The molecule has 0 radical (unpaired) electrons. The number of anilines is 1. The maximum Gasteiger partial charge on any atom is 0.274 e. The second kappa shape index (κ2) is 5.74. The zero-order valence-electron chi connectivity index (χ0n) is 10.3. The number of nitrogens with zero attached hydrogens (tertiary/aromatic N) is 3. The largest absolute Gasteiger partial charge is 0.383 e. The van der Waals surface area contributed by atoms with Gasteiger partial charge in [0.05, 0.1) is 19.0 Å². The van der Waals surface area contributed by atoms with Gasteiger partial charge >= 0.3 is 0 Å². The van der Waals surface area contributed by atoms with Crippen molar-refractivity contribution < 1.29 is 9.53 Å². The Kier molecular flexibility index (Phi) is 4.06. The molecular weight excluding hydrogens is 234 g/mol. The lowest BCUT2D eigenvalue weighted by atomic mass is 10.3. The van der Waals surface area contributed by atoms with Crippen molar-refractivity contribution >= 4 is 11.7 Å². The van der Waals surface area contributed by atoms with Gasteiger partial charge in [-0.1, -0.05) is 0 Å². The summed E-state index contributed by atoms with van der Waals surface area (Å²) in [6.45, 7) is 1.11. The second-order valence-electron chi connectivity index (χ2n) is 4.15. The fourth-order valence-electron chi connectivity index (χ4n) is 1.69. The quantitative estimate of drug-likeness (QED) is 0.546. The van der Waals surface area contributed by atoms with Crippen molar-refractivity contribution in [3.63, 3.8) is 0 Å². The van der Waals surface area contributed by atoms with Gasteiger partial charge in [0.1, 0.15) is 5.69 Å². The molecule has 1 amide bonds. The average Bonchev–Trinajstić information content (AvgIpc) is 3.24. The Hall–Kier alpha value is -1.73. The van der Waals surface area contributed by atoms with Gasteiger partial charge in [0.15, 0.2) is 5.82 Å². The van der Waals surface area contributed by atoms with Crippen LogP contribution in [-0.4, -0.2) is 47.1 Å². The minimum Gasteiger partial charge on any atom is -0.383 e. The molecule has 0 spiro atoms. The van der Waals surface area contributed by atoms with E-state index in [1.54, 1.807) is 12.0 Å². The average molecular weight is 251 g/mol. The van der Waals surface area contributed by atoms with Gasteiger partial charge in [-0.25, -0.2) is 15.8 Å². The van der Waals surface area contributed by atoms with E-state index in [2.05, 4.69) is 15.4 Å². The van der Waals surface area contributed by atoms with Crippen molar-refractivity contribution in [2.24, 2.45) is 5.84 Å². The summed E-state index contributed by atoms with van der Waals surface area (Å²) in [6.07, 6.45) is 4.96. The van der Waals surface area contributed by atoms with E-state index in [9.17, 15) is 4.79 Å². The molecule has 1 aromatic rings. The number of nitrogens with two attached hydrogens (primary N) is 1. The summed E-state index contributed by atoms with van der Waals surface area (Å²) in [5.74, 6) is 5.52. The van der Waals surface area contributed by atoms with Gasteiger partial charge in [-0.3, -0.25) is 4.79 Å². The van der Waals surface area contributed by atoms with Crippen LogP contribution in [0, 0.1) is 0 Å². The van der Waals surface area contributed by atoms with Crippen LogP contribution in [0.4, 0.5) is 5.82 Å². The van der Waals surface area contributed by atoms with Crippen LogP contribution >= 0.6 is 0 Å². The number of rotatable bonds is 6. The highest BCUT2D eigenvalue weighted by molar-refractivity contribution is 5.92. The molecule has 0 saturated heterocycles. The first-order chi connectivity index (χ1) is 8.76. The predicted octanol–water partition coefficient (Wildman–Crippen LogP) is 0.0132. The van der Waals surface area contributed by atoms with Crippen LogP contribution in [0.5, 0.6) is 0 Å². The number of hydrogen-bond acceptors (Lipinski definition) is 6. The molecule has 98 valence electrons. The summed E-state index contributed by atoms with van der Waals surface area (Å²) in [5, 5.41) is 0. The Morgan fingerprint density at radius 3 is 2.83 bits per heavy atom. The fourth-order valence-corrected chi connectivity index (χ4v) is 1.69. The van der Waals surface area contributed by atoms with Gasteiger partial charge in [0.2, 0.25) is 0 Å².